The minimum Gasteiger partial charge on any atom is -0.468 e. The van der Waals surface area contributed by atoms with E-state index < -0.39 is 5.63 Å². The van der Waals surface area contributed by atoms with Crippen LogP contribution < -0.4 is 10.9 Å². The average molecular weight is 405 g/mol. The number of aryl methyl sites for hydroxylation is 2. The van der Waals surface area contributed by atoms with E-state index in [2.05, 4.69) is 19.2 Å². The summed E-state index contributed by atoms with van der Waals surface area (Å²) in [6.45, 7) is 7.94. The molecule has 0 radical (unpaired) electrons. The van der Waals surface area contributed by atoms with Gasteiger partial charge in [-0.25, -0.2) is 4.79 Å². The molecule has 3 rings (SSSR count). The SMILES string of the molecule is COC(=O)C1CC2(CCN(C(=O)c3c(C)cc(CCC(C)C)oc3=O)CC2)CN1. The maximum absolute atomic E-state index is 13.0. The van der Waals surface area contributed by atoms with Crippen LogP contribution in [0.25, 0.3) is 0 Å². The molecule has 1 atom stereocenters. The van der Waals surface area contributed by atoms with E-state index >= 15 is 0 Å². The molecule has 2 saturated heterocycles. The van der Waals surface area contributed by atoms with Crippen LogP contribution in [0.1, 0.15) is 61.2 Å². The summed E-state index contributed by atoms with van der Waals surface area (Å²) in [5, 5.41) is 3.24. The number of hydrogen-bond acceptors (Lipinski definition) is 6. The molecule has 160 valence electrons. The second kappa shape index (κ2) is 8.69. The van der Waals surface area contributed by atoms with Crippen LogP contribution in [0.3, 0.4) is 0 Å². The predicted molar refractivity (Wildman–Crippen MR) is 109 cm³/mol. The molecule has 3 heterocycles. The summed E-state index contributed by atoms with van der Waals surface area (Å²) >= 11 is 0. The monoisotopic (exact) mass is 404 g/mol. The van der Waals surface area contributed by atoms with Gasteiger partial charge in [-0.15, -0.1) is 0 Å². The molecular formula is C22H32N2O5. The Morgan fingerprint density at radius 1 is 1.34 bits per heavy atom. The average Bonchev–Trinajstić information content (AvgIpc) is 3.09. The molecule has 1 unspecified atom stereocenters. The molecular weight excluding hydrogens is 372 g/mol. The van der Waals surface area contributed by atoms with Crippen LogP contribution >= 0.6 is 0 Å². The number of nitrogens with zero attached hydrogens (tertiary/aromatic N) is 1. The molecule has 7 heteroatoms. The smallest absolute Gasteiger partial charge is 0.349 e. The summed E-state index contributed by atoms with van der Waals surface area (Å²) in [6.07, 6.45) is 3.97. The zero-order valence-electron chi connectivity index (χ0n) is 17.9. The molecule has 1 aromatic heterocycles. The Bertz CT molecular complexity index is 821. The minimum atomic E-state index is -0.540. The van der Waals surface area contributed by atoms with Gasteiger partial charge in [-0.3, -0.25) is 9.59 Å². The van der Waals surface area contributed by atoms with Crippen molar-refractivity contribution in [1.82, 2.24) is 10.2 Å². The number of amides is 1. The molecule has 2 aliphatic heterocycles. The van der Waals surface area contributed by atoms with E-state index in [1.165, 1.54) is 7.11 Å². The topological polar surface area (TPSA) is 88.8 Å². The normalized spacial score (nSPS) is 21.0. The lowest BCUT2D eigenvalue weighted by Gasteiger charge is -2.39. The molecule has 0 bridgehead atoms. The molecule has 7 nitrogen and oxygen atoms in total. The van der Waals surface area contributed by atoms with Gasteiger partial charge >= 0.3 is 11.6 Å². The van der Waals surface area contributed by atoms with Crippen LogP contribution in [0.15, 0.2) is 15.3 Å². The number of piperidine rings is 1. The summed E-state index contributed by atoms with van der Waals surface area (Å²) in [5.41, 5.74) is 0.294. The Morgan fingerprint density at radius 2 is 2.03 bits per heavy atom. The lowest BCUT2D eigenvalue weighted by Crippen LogP contribution is -2.45. The van der Waals surface area contributed by atoms with Gasteiger partial charge in [0, 0.05) is 26.1 Å². The number of ether oxygens (including phenoxy) is 1. The number of carbonyl (C=O) groups excluding carboxylic acids is 2. The summed E-state index contributed by atoms with van der Waals surface area (Å²) in [5.74, 6) is 0.677. The third-order valence-electron chi connectivity index (χ3n) is 6.34. The number of carbonyl (C=O) groups is 2. The van der Waals surface area contributed by atoms with Crippen molar-refractivity contribution in [3.05, 3.63) is 33.4 Å². The largest absolute Gasteiger partial charge is 0.468 e. The number of nitrogens with one attached hydrogen (secondary N) is 1. The fourth-order valence-corrected chi connectivity index (χ4v) is 4.43. The fraction of sp³-hybridized carbons (Fsp3) is 0.682. The van der Waals surface area contributed by atoms with Crippen LogP contribution in [0.2, 0.25) is 0 Å². The Labute approximate surface area is 171 Å². The highest BCUT2D eigenvalue weighted by Gasteiger charge is 2.44. The van der Waals surface area contributed by atoms with Crippen LogP contribution in [0, 0.1) is 18.3 Å². The first kappa shape index (κ1) is 21.6. The lowest BCUT2D eigenvalue weighted by molar-refractivity contribution is -0.142. The molecule has 1 aromatic rings. The lowest BCUT2D eigenvalue weighted by atomic mass is 9.76. The van der Waals surface area contributed by atoms with Crippen LogP contribution in [-0.2, 0) is 16.0 Å². The van der Waals surface area contributed by atoms with E-state index in [9.17, 15) is 14.4 Å². The predicted octanol–water partition coefficient (Wildman–Crippen LogP) is 2.29. The second-order valence-corrected chi connectivity index (χ2v) is 8.94. The van der Waals surface area contributed by atoms with Gasteiger partial charge in [0.05, 0.1) is 7.11 Å². The second-order valence-electron chi connectivity index (χ2n) is 8.94. The van der Waals surface area contributed by atoms with Crippen molar-refractivity contribution in [2.45, 2.75) is 58.9 Å². The molecule has 2 aliphatic rings. The van der Waals surface area contributed by atoms with Crippen molar-refractivity contribution in [2.75, 3.05) is 26.7 Å². The van der Waals surface area contributed by atoms with E-state index in [1.807, 2.05) is 6.07 Å². The quantitative estimate of drug-likeness (QED) is 0.758. The first-order chi connectivity index (χ1) is 13.7. The first-order valence-corrected chi connectivity index (χ1v) is 10.5. The van der Waals surface area contributed by atoms with Gasteiger partial charge in [-0.05, 0) is 55.6 Å². The van der Waals surface area contributed by atoms with Gasteiger partial charge in [-0.2, -0.15) is 0 Å². The van der Waals surface area contributed by atoms with Gasteiger partial charge in [0.2, 0.25) is 0 Å². The van der Waals surface area contributed by atoms with Gasteiger partial charge < -0.3 is 19.4 Å². The third kappa shape index (κ3) is 4.71. The third-order valence-corrected chi connectivity index (χ3v) is 6.34. The van der Waals surface area contributed by atoms with Crippen molar-refractivity contribution in [1.29, 1.82) is 0 Å². The highest BCUT2D eigenvalue weighted by atomic mass is 16.5. The molecule has 1 amide bonds. The fourth-order valence-electron chi connectivity index (χ4n) is 4.43. The Balaban J connectivity index is 1.65. The van der Waals surface area contributed by atoms with Crippen LogP contribution in [0.4, 0.5) is 0 Å². The van der Waals surface area contributed by atoms with Gasteiger partial charge in [-0.1, -0.05) is 13.8 Å². The summed E-state index contributed by atoms with van der Waals surface area (Å²) in [4.78, 5) is 39.1. The minimum absolute atomic E-state index is 0.00997. The summed E-state index contributed by atoms with van der Waals surface area (Å²) < 4.78 is 10.3. The van der Waals surface area contributed by atoms with Crippen molar-refractivity contribution in [2.24, 2.45) is 11.3 Å². The maximum atomic E-state index is 13.0. The van der Waals surface area contributed by atoms with E-state index in [0.29, 0.717) is 36.8 Å². The van der Waals surface area contributed by atoms with Crippen molar-refractivity contribution >= 4 is 11.9 Å². The standard InChI is InChI=1S/C22H32N2O5/c1-14(2)5-6-16-11-15(3)18(21(27)29-16)19(25)24-9-7-22(8-10-24)12-17(23-13-22)20(26)28-4/h11,14,17,23H,5-10,12-13H2,1-4H3. The van der Waals surface area contributed by atoms with Crippen LogP contribution in [0.5, 0.6) is 0 Å². The molecule has 1 N–H and O–H groups in total. The van der Waals surface area contributed by atoms with E-state index in [-0.39, 0.29) is 28.9 Å². The highest BCUT2D eigenvalue weighted by molar-refractivity contribution is 5.95. The molecule has 2 fully saturated rings. The number of esters is 1. The summed E-state index contributed by atoms with van der Waals surface area (Å²) in [7, 11) is 1.40. The highest BCUT2D eigenvalue weighted by Crippen LogP contribution is 2.39. The van der Waals surface area contributed by atoms with E-state index in [1.54, 1.807) is 11.8 Å². The van der Waals surface area contributed by atoms with E-state index in [4.69, 9.17) is 9.15 Å². The van der Waals surface area contributed by atoms with Gasteiger partial charge in [0.1, 0.15) is 17.4 Å². The Kier molecular flexibility index (Phi) is 6.46. The number of likely N-dealkylation sites (tertiary alicyclic amines) is 1. The Hall–Kier alpha value is -2.15. The van der Waals surface area contributed by atoms with E-state index in [0.717, 1.165) is 32.2 Å². The molecule has 29 heavy (non-hydrogen) atoms. The van der Waals surface area contributed by atoms with Crippen molar-refractivity contribution in [3.63, 3.8) is 0 Å². The Morgan fingerprint density at radius 3 is 2.62 bits per heavy atom. The molecule has 0 saturated carbocycles. The number of rotatable bonds is 5. The van der Waals surface area contributed by atoms with Gasteiger partial charge in [0.25, 0.3) is 5.91 Å². The van der Waals surface area contributed by atoms with Crippen molar-refractivity contribution < 1.29 is 18.7 Å². The first-order valence-electron chi connectivity index (χ1n) is 10.5. The molecule has 1 spiro atoms. The van der Waals surface area contributed by atoms with Crippen LogP contribution in [-0.4, -0.2) is 49.6 Å². The van der Waals surface area contributed by atoms with Crippen molar-refractivity contribution in [3.8, 4) is 0 Å². The number of hydrogen-bond donors (Lipinski definition) is 1. The number of methoxy groups -OCH3 is 1. The zero-order chi connectivity index (χ0) is 21.2. The zero-order valence-corrected chi connectivity index (χ0v) is 17.9. The van der Waals surface area contributed by atoms with Gasteiger partial charge in [0.15, 0.2) is 0 Å². The molecule has 0 aromatic carbocycles. The molecule has 0 aliphatic carbocycles. The maximum Gasteiger partial charge on any atom is 0.349 e. The summed E-state index contributed by atoms with van der Waals surface area (Å²) in [6, 6.07) is 1.56.